The summed E-state index contributed by atoms with van der Waals surface area (Å²) in [6, 6.07) is 9.13. The molecule has 0 aliphatic carbocycles. The van der Waals surface area contributed by atoms with E-state index in [1.165, 1.54) is 0 Å². The third-order valence-electron chi connectivity index (χ3n) is 2.43. The molecule has 0 bridgehead atoms. The number of carbonyl (C=O) groups is 1. The molecule has 1 aliphatic heterocycles. The molecule has 1 saturated heterocycles. The van der Waals surface area contributed by atoms with Crippen molar-refractivity contribution in [2.45, 2.75) is 6.42 Å². The van der Waals surface area contributed by atoms with Gasteiger partial charge in [-0.3, -0.25) is 4.79 Å². The summed E-state index contributed by atoms with van der Waals surface area (Å²) < 4.78 is 5.10. The fraction of sp³-hybridized carbons (Fsp3) is 0.462. The third-order valence-corrected chi connectivity index (χ3v) is 2.43. The molecule has 1 aromatic rings. The van der Waals surface area contributed by atoms with Crippen molar-refractivity contribution in [3.05, 3.63) is 35.9 Å². The van der Waals surface area contributed by atoms with Gasteiger partial charge in [-0.2, -0.15) is 13.5 Å². The molecule has 1 aliphatic rings. The lowest BCUT2D eigenvalue weighted by atomic mass is 10.2. The molecule has 1 heterocycles. The van der Waals surface area contributed by atoms with Crippen molar-refractivity contribution in [2.75, 3.05) is 33.4 Å². The zero-order chi connectivity index (χ0) is 12.5. The van der Waals surface area contributed by atoms with Crippen molar-refractivity contribution >= 4 is 19.5 Å². The van der Waals surface area contributed by atoms with Gasteiger partial charge in [0.25, 0.3) is 0 Å². The largest absolute Gasteiger partial charge is 0.481 e. The molecule has 5 heteroatoms. The van der Waals surface area contributed by atoms with Crippen molar-refractivity contribution in [3.8, 4) is 0 Å². The summed E-state index contributed by atoms with van der Waals surface area (Å²) in [5, 5.41) is 8.37. The van der Waals surface area contributed by atoms with Crippen molar-refractivity contribution in [3.63, 3.8) is 0 Å². The molecule has 102 valence electrons. The van der Waals surface area contributed by atoms with Crippen LogP contribution in [-0.2, 0) is 16.0 Å². The van der Waals surface area contributed by atoms with Crippen LogP contribution in [0.4, 0.5) is 0 Å². The molecule has 0 unspecified atom stereocenters. The van der Waals surface area contributed by atoms with Gasteiger partial charge >= 0.3 is 5.97 Å². The van der Waals surface area contributed by atoms with Crippen LogP contribution >= 0.6 is 13.5 Å². The second-order valence-electron chi connectivity index (χ2n) is 3.97. The maximum absolute atomic E-state index is 10.2. The molecule has 0 atom stereocenters. The van der Waals surface area contributed by atoms with E-state index in [-0.39, 0.29) is 19.9 Å². The number of hydrogen-bond acceptors (Lipinski definition) is 3. The third kappa shape index (κ3) is 8.11. The molecule has 18 heavy (non-hydrogen) atoms. The summed E-state index contributed by atoms with van der Waals surface area (Å²) in [6.45, 7) is 4.02. The molecular weight excluding hydrogens is 250 g/mol. The van der Waals surface area contributed by atoms with Gasteiger partial charge in [0, 0.05) is 13.1 Å². The Morgan fingerprint density at radius 1 is 1.28 bits per heavy atom. The van der Waals surface area contributed by atoms with Gasteiger partial charge in [-0.15, -0.1) is 0 Å². The van der Waals surface area contributed by atoms with Crippen LogP contribution in [0.3, 0.4) is 0 Å². The van der Waals surface area contributed by atoms with Gasteiger partial charge in [0.1, 0.15) is 0 Å². The first-order valence-electron chi connectivity index (χ1n) is 5.70. The van der Waals surface area contributed by atoms with Gasteiger partial charge in [-0.25, -0.2) is 0 Å². The summed E-state index contributed by atoms with van der Waals surface area (Å²) in [5.74, 6) is -0.786. The van der Waals surface area contributed by atoms with Gasteiger partial charge in [-0.1, -0.05) is 30.3 Å². The molecule has 1 fully saturated rings. The Kier molecular flexibility index (Phi) is 9.36. The smallest absolute Gasteiger partial charge is 0.307 e. The van der Waals surface area contributed by atoms with E-state index in [2.05, 4.69) is 11.9 Å². The summed E-state index contributed by atoms with van der Waals surface area (Å²) in [7, 11) is 2.11. The molecule has 4 nitrogen and oxygen atoms in total. The van der Waals surface area contributed by atoms with Crippen molar-refractivity contribution < 1.29 is 14.6 Å². The Hall–Kier alpha value is -1.04. The van der Waals surface area contributed by atoms with Gasteiger partial charge < -0.3 is 14.7 Å². The SMILES string of the molecule is CN1CCOCC1.O=C(O)Cc1ccccc1.S. The van der Waals surface area contributed by atoms with Crippen LogP contribution < -0.4 is 0 Å². The first kappa shape index (κ1) is 17.0. The highest BCUT2D eigenvalue weighted by Gasteiger charge is 2.02. The molecule has 0 radical (unpaired) electrons. The molecule has 0 aromatic heterocycles. The second-order valence-corrected chi connectivity index (χ2v) is 3.97. The molecule has 1 N–H and O–H groups in total. The Morgan fingerprint density at radius 3 is 2.22 bits per heavy atom. The minimum Gasteiger partial charge on any atom is -0.481 e. The maximum atomic E-state index is 10.2. The number of carboxylic acid groups (broad SMARTS) is 1. The number of carboxylic acids is 1. The number of nitrogens with zero attached hydrogens (tertiary/aromatic N) is 1. The normalized spacial score (nSPS) is 14.9. The number of hydrogen-bond donors (Lipinski definition) is 1. The molecule has 0 spiro atoms. The van der Waals surface area contributed by atoms with Crippen LogP contribution in [0.5, 0.6) is 0 Å². The fourth-order valence-corrected chi connectivity index (χ4v) is 1.43. The first-order chi connectivity index (χ1) is 8.18. The summed E-state index contributed by atoms with van der Waals surface area (Å²) in [5.41, 5.74) is 0.843. The number of ether oxygens (including phenoxy) is 1. The summed E-state index contributed by atoms with van der Waals surface area (Å²) in [6.07, 6.45) is 0.112. The van der Waals surface area contributed by atoms with E-state index in [0.29, 0.717) is 0 Å². The number of rotatable bonds is 2. The Morgan fingerprint density at radius 2 is 1.83 bits per heavy atom. The molecule has 1 aromatic carbocycles. The zero-order valence-corrected chi connectivity index (χ0v) is 11.6. The highest BCUT2D eigenvalue weighted by Crippen LogP contribution is 1.98. The molecule has 0 amide bonds. The van der Waals surface area contributed by atoms with Crippen LogP contribution in [0, 0.1) is 0 Å². The zero-order valence-electron chi connectivity index (χ0n) is 10.6. The predicted molar refractivity (Wildman–Crippen MR) is 76.5 cm³/mol. The van der Waals surface area contributed by atoms with Crippen molar-refractivity contribution in [1.29, 1.82) is 0 Å². The van der Waals surface area contributed by atoms with Gasteiger partial charge in [0.15, 0.2) is 0 Å². The number of benzene rings is 1. The van der Waals surface area contributed by atoms with E-state index in [4.69, 9.17) is 9.84 Å². The average Bonchev–Trinajstić information content (AvgIpc) is 2.31. The van der Waals surface area contributed by atoms with E-state index in [1.807, 2.05) is 18.2 Å². The summed E-state index contributed by atoms with van der Waals surface area (Å²) in [4.78, 5) is 12.4. The number of aliphatic carboxylic acids is 1. The van der Waals surface area contributed by atoms with Gasteiger partial charge in [0.05, 0.1) is 19.6 Å². The van der Waals surface area contributed by atoms with Crippen molar-refractivity contribution in [2.24, 2.45) is 0 Å². The molecule has 2 rings (SSSR count). The highest BCUT2D eigenvalue weighted by molar-refractivity contribution is 7.59. The van der Waals surface area contributed by atoms with Gasteiger partial charge in [0.2, 0.25) is 0 Å². The van der Waals surface area contributed by atoms with Gasteiger partial charge in [-0.05, 0) is 12.6 Å². The Labute approximate surface area is 115 Å². The quantitative estimate of drug-likeness (QED) is 0.883. The predicted octanol–water partition coefficient (Wildman–Crippen LogP) is 1.37. The van der Waals surface area contributed by atoms with E-state index < -0.39 is 5.97 Å². The van der Waals surface area contributed by atoms with E-state index in [0.717, 1.165) is 31.9 Å². The average molecular weight is 271 g/mol. The standard InChI is InChI=1S/C8H8O2.C5H11NO.H2S/c9-8(10)6-7-4-2-1-3-5-7;1-6-2-4-7-5-3-6;/h1-5H,6H2,(H,9,10);2-5H2,1H3;1H2. The molecule has 0 saturated carbocycles. The highest BCUT2D eigenvalue weighted by atomic mass is 32.1. The van der Waals surface area contributed by atoms with Crippen LogP contribution in [0.15, 0.2) is 30.3 Å². The number of morpholine rings is 1. The van der Waals surface area contributed by atoms with Crippen LogP contribution in [-0.4, -0.2) is 49.3 Å². The van der Waals surface area contributed by atoms with E-state index >= 15 is 0 Å². The first-order valence-corrected chi connectivity index (χ1v) is 5.70. The minimum atomic E-state index is -0.786. The summed E-state index contributed by atoms with van der Waals surface area (Å²) >= 11 is 0. The van der Waals surface area contributed by atoms with E-state index in [1.54, 1.807) is 12.1 Å². The Bertz CT molecular complexity index is 326. The van der Waals surface area contributed by atoms with Crippen molar-refractivity contribution in [1.82, 2.24) is 4.90 Å². The Balaban J connectivity index is 0.000000321. The lowest BCUT2D eigenvalue weighted by Crippen LogP contribution is -2.32. The van der Waals surface area contributed by atoms with Crippen LogP contribution in [0.2, 0.25) is 0 Å². The monoisotopic (exact) mass is 271 g/mol. The molecular formula is C13H21NO3S. The van der Waals surface area contributed by atoms with E-state index in [9.17, 15) is 4.79 Å². The minimum absolute atomic E-state index is 0. The lowest BCUT2D eigenvalue weighted by molar-refractivity contribution is -0.136. The fourth-order valence-electron chi connectivity index (χ4n) is 1.43. The topological polar surface area (TPSA) is 49.8 Å². The number of likely N-dealkylation sites (N-methyl/N-ethyl adjacent to an activating group) is 1. The van der Waals surface area contributed by atoms with Crippen LogP contribution in [0.25, 0.3) is 0 Å². The van der Waals surface area contributed by atoms with Crippen LogP contribution in [0.1, 0.15) is 5.56 Å². The second kappa shape index (κ2) is 9.94. The lowest BCUT2D eigenvalue weighted by Gasteiger charge is -2.21. The maximum Gasteiger partial charge on any atom is 0.307 e.